The van der Waals surface area contributed by atoms with Gasteiger partial charge >= 0.3 is 0 Å². The summed E-state index contributed by atoms with van der Waals surface area (Å²) in [6.45, 7) is 0. The smallest absolute Gasteiger partial charge is 0.225 e. The summed E-state index contributed by atoms with van der Waals surface area (Å²) in [5.41, 5.74) is 1.62. The molecule has 3 aromatic rings. The van der Waals surface area contributed by atoms with Crippen molar-refractivity contribution in [2.24, 2.45) is 0 Å². The maximum atomic E-state index is 13.3. The van der Waals surface area contributed by atoms with E-state index in [4.69, 9.17) is 18.9 Å². The zero-order valence-corrected chi connectivity index (χ0v) is 15.5. The molecular weight excluding hydrogens is 346 g/mol. The largest absolute Gasteiger partial charge is 0.494 e. The van der Waals surface area contributed by atoms with E-state index in [0.717, 1.165) is 16.2 Å². The summed E-state index contributed by atoms with van der Waals surface area (Å²) in [7, 11) is 5.98. The fourth-order valence-corrected chi connectivity index (χ4v) is 3.65. The zero-order chi connectivity index (χ0) is 19.1. The Hall–Kier alpha value is -3.12. The minimum Gasteiger partial charge on any atom is -0.494 e. The van der Waals surface area contributed by atoms with E-state index in [0.29, 0.717) is 34.0 Å². The predicted molar refractivity (Wildman–Crippen MR) is 102 cm³/mol. The molecule has 0 spiro atoms. The van der Waals surface area contributed by atoms with Crippen LogP contribution in [0, 0.1) is 0 Å². The van der Waals surface area contributed by atoms with Crippen LogP contribution >= 0.6 is 0 Å². The van der Waals surface area contributed by atoms with Crippen molar-refractivity contribution >= 4 is 33.2 Å². The Morgan fingerprint density at radius 1 is 0.889 bits per heavy atom. The van der Waals surface area contributed by atoms with Gasteiger partial charge in [0, 0.05) is 18.1 Å². The molecular formula is C21H19NO5. The second kappa shape index (κ2) is 6.55. The average Bonchev–Trinajstić information content (AvgIpc) is 2.70. The van der Waals surface area contributed by atoms with Crippen molar-refractivity contribution in [1.29, 1.82) is 0 Å². The molecule has 0 bridgehead atoms. The molecule has 1 atom stereocenters. The van der Waals surface area contributed by atoms with Gasteiger partial charge in [-0.3, -0.25) is 4.79 Å². The Labute approximate surface area is 156 Å². The van der Waals surface area contributed by atoms with Crippen molar-refractivity contribution < 1.29 is 23.7 Å². The SMILES string of the molecule is COC1=C(OC)C(OC)C(=O)c2c1c(OC)nc1cc3ccccc3cc21. The molecule has 0 amide bonds. The third-order valence-electron chi connectivity index (χ3n) is 4.85. The summed E-state index contributed by atoms with van der Waals surface area (Å²) < 4.78 is 21.9. The van der Waals surface area contributed by atoms with Gasteiger partial charge in [-0.1, -0.05) is 24.3 Å². The quantitative estimate of drug-likeness (QED) is 0.659. The number of ether oxygens (including phenoxy) is 4. The summed E-state index contributed by atoms with van der Waals surface area (Å²) in [6.07, 6.45) is -0.890. The van der Waals surface area contributed by atoms with E-state index < -0.39 is 6.10 Å². The second-order valence-corrected chi connectivity index (χ2v) is 6.17. The van der Waals surface area contributed by atoms with E-state index in [1.807, 2.05) is 36.4 Å². The number of rotatable bonds is 4. The van der Waals surface area contributed by atoms with Gasteiger partial charge in [0.2, 0.25) is 11.7 Å². The summed E-state index contributed by atoms with van der Waals surface area (Å²) in [6, 6.07) is 11.8. The Morgan fingerprint density at radius 3 is 2.19 bits per heavy atom. The summed E-state index contributed by atoms with van der Waals surface area (Å²) >= 11 is 0. The molecule has 1 unspecified atom stereocenters. The molecule has 6 nitrogen and oxygen atoms in total. The molecule has 0 radical (unpaired) electrons. The lowest BCUT2D eigenvalue weighted by Crippen LogP contribution is -2.32. The van der Waals surface area contributed by atoms with Gasteiger partial charge in [-0.05, 0) is 22.9 Å². The Bertz CT molecular complexity index is 1100. The van der Waals surface area contributed by atoms with E-state index in [1.54, 1.807) is 0 Å². The molecule has 1 aliphatic rings. The molecule has 1 aliphatic carbocycles. The number of hydrogen-bond acceptors (Lipinski definition) is 6. The highest BCUT2D eigenvalue weighted by Gasteiger charge is 2.40. The lowest BCUT2D eigenvalue weighted by molar-refractivity contribution is 0.0509. The second-order valence-electron chi connectivity index (χ2n) is 6.17. The fourth-order valence-electron chi connectivity index (χ4n) is 3.65. The summed E-state index contributed by atoms with van der Waals surface area (Å²) in [5.74, 6) is 0.782. The average molecular weight is 365 g/mol. The normalized spacial score (nSPS) is 16.6. The molecule has 1 aromatic heterocycles. The minimum absolute atomic E-state index is 0.217. The van der Waals surface area contributed by atoms with Crippen molar-refractivity contribution in [3.8, 4) is 5.88 Å². The van der Waals surface area contributed by atoms with Crippen molar-refractivity contribution in [2.45, 2.75) is 6.10 Å². The Balaban J connectivity index is 2.18. The van der Waals surface area contributed by atoms with Crippen molar-refractivity contribution in [1.82, 2.24) is 4.98 Å². The van der Waals surface area contributed by atoms with E-state index in [9.17, 15) is 4.79 Å². The molecule has 0 aliphatic heterocycles. The number of Topliss-reactive ketones (excluding diaryl/α,β-unsaturated/α-hetero) is 1. The molecule has 4 rings (SSSR count). The third-order valence-corrected chi connectivity index (χ3v) is 4.85. The van der Waals surface area contributed by atoms with E-state index in [1.165, 1.54) is 28.4 Å². The van der Waals surface area contributed by atoms with Crippen LogP contribution in [0.25, 0.3) is 27.4 Å². The molecule has 1 heterocycles. The molecule has 27 heavy (non-hydrogen) atoms. The Morgan fingerprint density at radius 2 is 1.59 bits per heavy atom. The summed E-state index contributed by atoms with van der Waals surface area (Å²) in [5, 5.41) is 2.77. The van der Waals surface area contributed by atoms with Crippen molar-refractivity contribution in [2.75, 3.05) is 28.4 Å². The number of benzene rings is 2. The lowest BCUT2D eigenvalue weighted by atomic mass is 9.88. The number of nitrogens with zero attached hydrogens (tertiary/aromatic N) is 1. The number of pyridine rings is 1. The number of fused-ring (bicyclic) bond motifs is 4. The van der Waals surface area contributed by atoms with Crippen LogP contribution in [-0.4, -0.2) is 45.3 Å². The highest BCUT2D eigenvalue weighted by molar-refractivity contribution is 6.18. The maximum absolute atomic E-state index is 13.3. The van der Waals surface area contributed by atoms with Gasteiger partial charge in [0.1, 0.15) is 0 Å². The van der Waals surface area contributed by atoms with Gasteiger partial charge in [0.25, 0.3) is 0 Å². The molecule has 0 saturated carbocycles. The predicted octanol–water partition coefficient (Wildman–Crippen LogP) is 3.57. The first-order valence-corrected chi connectivity index (χ1v) is 8.44. The first-order chi connectivity index (χ1) is 13.1. The van der Waals surface area contributed by atoms with Crippen molar-refractivity contribution in [3.05, 3.63) is 53.3 Å². The number of aromatic nitrogens is 1. The van der Waals surface area contributed by atoms with Crippen LogP contribution in [0.1, 0.15) is 15.9 Å². The molecule has 0 N–H and O–H groups in total. The number of carbonyl (C=O) groups excluding carboxylic acids is 1. The van der Waals surface area contributed by atoms with Gasteiger partial charge in [-0.2, -0.15) is 0 Å². The van der Waals surface area contributed by atoms with Crippen LogP contribution in [0.2, 0.25) is 0 Å². The molecule has 0 saturated heterocycles. The molecule has 138 valence electrons. The van der Waals surface area contributed by atoms with Gasteiger partial charge in [0.15, 0.2) is 17.6 Å². The highest BCUT2D eigenvalue weighted by Crippen LogP contribution is 2.42. The van der Waals surface area contributed by atoms with Gasteiger partial charge in [0.05, 0.1) is 32.4 Å². The van der Waals surface area contributed by atoms with Crippen LogP contribution in [0.3, 0.4) is 0 Å². The number of hydrogen-bond donors (Lipinski definition) is 0. The molecule has 0 fully saturated rings. The number of carbonyl (C=O) groups is 1. The fraction of sp³-hybridized carbons (Fsp3) is 0.238. The number of methoxy groups -OCH3 is 4. The highest BCUT2D eigenvalue weighted by atomic mass is 16.5. The standard InChI is InChI=1S/C21H19NO5/c1-24-18-16-15(17(23)19(25-2)20(18)26-3)13-9-11-7-5-6-8-12(11)10-14(13)22-21(16)27-4/h5-10,19H,1-4H3. The third kappa shape index (κ3) is 2.44. The molecule has 6 heteroatoms. The van der Waals surface area contributed by atoms with E-state index in [-0.39, 0.29) is 5.78 Å². The van der Waals surface area contributed by atoms with Crippen LogP contribution in [0.5, 0.6) is 5.88 Å². The van der Waals surface area contributed by atoms with Crippen molar-refractivity contribution in [3.63, 3.8) is 0 Å². The number of ketones is 1. The van der Waals surface area contributed by atoms with Crippen LogP contribution in [-0.2, 0) is 14.2 Å². The Kier molecular flexibility index (Phi) is 4.20. The van der Waals surface area contributed by atoms with Crippen LogP contribution in [0.15, 0.2) is 42.2 Å². The van der Waals surface area contributed by atoms with Gasteiger partial charge in [-0.15, -0.1) is 0 Å². The van der Waals surface area contributed by atoms with Crippen LogP contribution < -0.4 is 4.74 Å². The first kappa shape index (κ1) is 17.3. The van der Waals surface area contributed by atoms with Gasteiger partial charge in [-0.25, -0.2) is 4.98 Å². The zero-order valence-electron chi connectivity index (χ0n) is 15.5. The summed E-state index contributed by atoms with van der Waals surface area (Å²) in [4.78, 5) is 17.9. The maximum Gasteiger partial charge on any atom is 0.225 e. The topological polar surface area (TPSA) is 66.9 Å². The van der Waals surface area contributed by atoms with E-state index in [2.05, 4.69) is 4.98 Å². The minimum atomic E-state index is -0.890. The van der Waals surface area contributed by atoms with Crippen LogP contribution in [0.4, 0.5) is 0 Å². The monoisotopic (exact) mass is 365 g/mol. The van der Waals surface area contributed by atoms with Gasteiger partial charge < -0.3 is 18.9 Å². The first-order valence-electron chi connectivity index (χ1n) is 8.44. The van der Waals surface area contributed by atoms with E-state index >= 15 is 0 Å². The molecule has 2 aromatic carbocycles. The lowest BCUT2D eigenvalue weighted by Gasteiger charge is -2.28.